The molecule has 192 valence electrons. The van der Waals surface area contributed by atoms with Crippen LogP contribution in [0.2, 0.25) is 0 Å². The van der Waals surface area contributed by atoms with E-state index in [1.807, 2.05) is 24.4 Å². The van der Waals surface area contributed by atoms with Crippen molar-refractivity contribution in [3.63, 3.8) is 0 Å². The van der Waals surface area contributed by atoms with Gasteiger partial charge < -0.3 is 14.5 Å². The number of fused-ring (bicyclic) bond motifs is 4. The van der Waals surface area contributed by atoms with Crippen LogP contribution in [0.3, 0.4) is 0 Å². The average molecular weight is 511 g/mol. The first-order valence-electron chi connectivity index (χ1n) is 13.3. The highest BCUT2D eigenvalue weighted by Crippen LogP contribution is 2.43. The lowest BCUT2D eigenvalue weighted by Gasteiger charge is -2.21. The van der Waals surface area contributed by atoms with Gasteiger partial charge in [0.2, 0.25) is 0 Å². The lowest BCUT2D eigenvalue weighted by atomic mass is 10.1. The van der Waals surface area contributed by atoms with Crippen LogP contribution in [-0.2, 0) is 0 Å². The highest BCUT2D eigenvalue weighted by atomic mass is 16.5. The largest absolute Gasteiger partial charge is 0.457 e. The molecule has 0 N–H and O–H groups in total. The summed E-state index contributed by atoms with van der Waals surface area (Å²) in [5, 5.41) is 2.38. The zero-order valence-electron chi connectivity index (χ0n) is 22.6. The second kappa shape index (κ2) is 8.91. The van der Waals surface area contributed by atoms with E-state index in [0.717, 1.165) is 46.3 Å². The Balaban J connectivity index is 1.30. The maximum atomic E-state index is 6.54. The van der Waals surface area contributed by atoms with E-state index in [1.165, 1.54) is 33.3 Å². The van der Waals surface area contributed by atoms with Gasteiger partial charge in [0.15, 0.2) is 0 Å². The molecule has 5 nitrogen and oxygen atoms in total. The van der Waals surface area contributed by atoms with Crippen LogP contribution in [0.4, 0.5) is 17.1 Å². The van der Waals surface area contributed by atoms with Gasteiger partial charge in [-0.2, -0.15) is 0 Å². The third-order valence-electron chi connectivity index (χ3n) is 7.75. The Hall–Kier alpha value is -4.77. The number of rotatable bonds is 4. The molecular weight excluding hydrogens is 480 g/mol. The summed E-state index contributed by atoms with van der Waals surface area (Å²) in [5.41, 5.74) is 9.59. The third kappa shape index (κ3) is 3.89. The van der Waals surface area contributed by atoms with Crippen molar-refractivity contribution >= 4 is 38.9 Å². The lowest BCUT2D eigenvalue weighted by Crippen LogP contribution is -2.24. The predicted molar refractivity (Wildman–Crippen MR) is 161 cm³/mol. The Morgan fingerprint density at radius 3 is 2.28 bits per heavy atom. The molecule has 0 saturated carbocycles. The predicted octanol–water partition coefficient (Wildman–Crippen LogP) is 8.44. The molecule has 0 unspecified atom stereocenters. The number of para-hydroxylation sites is 1. The Bertz CT molecular complexity index is 1870. The fourth-order valence-electron chi connectivity index (χ4n) is 5.72. The molecular formula is C34H30N4O. The van der Waals surface area contributed by atoms with Crippen molar-refractivity contribution in [2.45, 2.75) is 20.8 Å². The molecule has 0 saturated heterocycles. The topological polar surface area (TPSA) is 33.5 Å². The van der Waals surface area contributed by atoms with Crippen LogP contribution < -0.4 is 14.5 Å². The summed E-state index contributed by atoms with van der Waals surface area (Å²) < 4.78 is 8.75. The summed E-state index contributed by atoms with van der Waals surface area (Å²) >= 11 is 0. The number of aryl methyl sites for hydroxylation is 3. The van der Waals surface area contributed by atoms with Gasteiger partial charge in [0.25, 0.3) is 0 Å². The SMILES string of the molecule is Cc1cc(Oc2ccc3c4ccccc4n(-c4ccccn4)c3c2)cc(N2CN(C)c3cc(C)c(C)cc32)c1. The molecule has 2 aromatic heterocycles. The zero-order chi connectivity index (χ0) is 26.7. The van der Waals surface area contributed by atoms with Crippen LogP contribution in [0, 0.1) is 20.8 Å². The van der Waals surface area contributed by atoms with Gasteiger partial charge in [-0.25, -0.2) is 4.98 Å². The number of benzene rings is 4. The van der Waals surface area contributed by atoms with Crippen LogP contribution in [-0.4, -0.2) is 23.3 Å². The molecule has 0 spiro atoms. The quantitative estimate of drug-likeness (QED) is 0.238. The van der Waals surface area contributed by atoms with E-state index in [0.29, 0.717) is 0 Å². The van der Waals surface area contributed by atoms with Crippen molar-refractivity contribution in [1.82, 2.24) is 9.55 Å². The standard InChI is InChI=1S/C34H30N4O/c1-22-15-25(37-21-36(4)32-17-23(2)24(3)18-33(32)37)19-27(16-22)39-26-12-13-29-28-9-5-6-10-30(28)38(31(29)20-26)34-11-7-8-14-35-34/h5-20H,21H2,1-4H3. The molecule has 39 heavy (non-hydrogen) atoms. The molecule has 6 aromatic rings. The minimum absolute atomic E-state index is 0.796. The van der Waals surface area contributed by atoms with Crippen molar-refractivity contribution in [1.29, 1.82) is 0 Å². The van der Waals surface area contributed by atoms with Crippen LogP contribution in [0.1, 0.15) is 16.7 Å². The summed E-state index contributed by atoms with van der Waals surface area (Å²) in [6.07, 6.45) is 1.83. The van der Waals surface area contributed by atoms with Crippen molar-refractivity contribution in [3.05, 3.63) is 114 Å². The van der Waals surface area contributed by atoms with Gasteiger partial charge in [0.1, 0.15) is 17.3 Å². The Morgan fingerprint density at radius 1 is 0.692 bits per heavy atom. The number of aromatic nitrogens is 2. The van der Waals surface area contributed by atoms with E-state index >= 15 is 0 Å². The summed E-state index contributed by atoms with van der Waals surface area (Å²) in [5.74, 6) is 2.51. The fourth-order valence-corrected chi connectivity index (χ4v) is 5.72. The van der Waals surface area contributed by atoms with Gasteiger partial charge in [-0.3, -0.25) is 4.57 Å². The number of ether oxygens (including phenoxy) is 1. The zero-order valence-corrected chi connectivity index (χ0v) is 22.6. The number of anilines is 3. The highest BCUT2D eigenvalue weighted by Gasteiger charge is 2.26. The first kappa shape index (κ1) is 23.4. The number of pyridine rings is 1. The molecule has 4 aromatic carbocycles. The van der Waals surface area contributed by atoms with Crippen molar-refractivity contribution in [3.8, 4) is 17.3 Å². The van der Waals surface area contributed by atoms with Crippen LogP contribution in [0.15, 0.2) is 97.2 Å². The number of hydrogen-bond acceptors (Lipinski definition) is 4. The van der Waals surface area contributed by atoms with Gasteiger partial charge in [-0.15, -0.1) is 0 Å². The first-order valence-corrected chi connectivity index (χ1v) is 13.3. The van der Waals surface area contributed by atoms with Gasteiger partial charge in [0.05, 0.1) is 29.1 Å². The molecule has 0 radical (unpaired) electrons. The molecule has 0 amide bonds. The van der Waals surface area contributed by atoms with Gasteiger partial charge in [-0.1, -0.05) is 24.3 Å². The Labute approximate surface area is 228 Å². The highest BCUT2D eigenvalue weighted by molar-refractivity contribution is 6.09. The van der Waals surface area contributed by atoms with Crippen LogP contribution in [0.5, 0.6) is 11.5 Å². The summed E-state index contributed by atoms with van der Waals surface area (Å²) in [6, 6.07) is 31.9. The normalized spacial score (nSPS) is 12.9. The second-order valence-electron chi connectivity index (χ2n) is 10.5. The smallest absolute Gasteiger partial charge is 0.137 e. The molecule has 0 bridgehead atoms. The van der Waals surface area contributed by atoms with E-state index in [4.69, 9.17) is 4.74 Å². The summed E-state index contributed by atoms with van der Waals surface area (Å²) in [4.78, 5) is 9.32. The second-order valence-corrected chi connectivity index (χ2v) is 10.5. The van der Waals surface area contributed by atoms with E-state index in [9.17, 15) is 0 Å². The summed E-state index contributed by atoms with van der Waals surface area (Å²) in [6.45, 7) is 7.28. The monoisotopic (exact) mass is 510 g/mol. The molecule has 7 rings (SSSR count). The van der Waals surface area contributed by atoms with Crippen LogP contribution in [0.25, 0.3) is 27.6 Å². The van der Waals surface area contributed by atoms with Gasteiger partial charge in [-0.05, 0) is 92.1 Å². The minimum Gasteiger partial charge on any atom is -0.457 e. The number of hydrogen-bond donors (Lipinski definition) is 0. The summed E-state index contributed by atoms with van der Waals surface area (Å²) in [7, 11) is 2.15. The van der Waals surface area contributed by atoms with E-state index < -0.39 is 0 Å². The maximum Gasteiger partial charge on any atom is 0.137 e. The third-order valence-corrected chi connectivity index (χ3v) is 7.75. The molecule has 1 aliphatic rings. The molecule has 3 heterocycles. The van der Waals surface area contributed by atoms with E-state index in [2.05, 4.69) is 120 Å². The Kier molecular flexibility index (Phi) is 5.34. The maximum absolute atomic E-state index is 6.54. The molecule has 0 aliphatic carbocycles. The van der Waals surface area contributed by atoms with E-state index in [1.54, 1.807) is 0 Å². The van der Waals surface area contributed by atoms with Gasteiger partial charge >= 0.3 is 0 Å². The van der Waals surface area contributed by atoms with Crippen LogP contribution >= 0.6 is 0 Å². The fraction of sp³-hybridized carbons (Fsp3) is 0.147. The minimum atomic E-state index is 0.796. The molecule has 5 heteroatoms. The Morgan fingerprint density at radius 2 is 1.46 bits per heavy atom. The molecule has 1 aliphatic heterocycles. The van der Waals surface area contributed by atoms with Crippen molar-refractivity contribution < 1.29 is 4.74 Å². The average Bonchev–Trinajstić information content (AvgIpc) is 3.43. The van der Waals surface area contributed by atoms with Crippen molar-refractivity contribution in [2.24, 2.45) is 0 Å². The van der Waals surface area contributed by atoms with Crippen molar-refractivity contribution in [2.75, 3.05) is 23.5 Å². The molecule has 0 fully saturated rings. The number of nitrogens with zero attached hydrogens (tertiary/aromatic N) is 4. The van der Waals surface area contributed by atoms with Gasteiger partial charge in [0, 0.05) is 41.8 Å². The first-order chi connectivity index (χ1) is 19.0. The van der Waals surface area contributed by atoms with E-state index in [-0.39, 0.29) is 0 Å². The molecule has 0 atom stereocenters. The lowest BCUT2D eigenvalue weighted by molar-refractivity contribution is 0.483.